The maximum absolute atomic E-state index is 11.3. The molecule has 0 fully saturated rings. The third-order valence-corrected chi connectivity index (χ3v) is 3.80. The second-order valence-electron chi connectivity index (χ2n) is 5.66. The molecule has 0 amide bonds. The Morgan fingerprint density at radius 1 is 0.655 bits per heavy atom. The average Bonchev–Trinajstić information content (AvgIpc) is 2.68. The smallest absolute Gasteiger partial charge is 0.871 e. The van der Waals surface area contributed by atoms with E-state index in [-0.39, 0.29) is 83.3 Å². The molecule has 2 aromatic heterocycles. The van der Waals surface area contributed by atoms with Gasteiger partial charge in [0.25, 0.3) is 0 Å². The van der Waals surface area contributed by atoms with Crippen LogP contribution in [0.4, 0.5) is 0 Å². The summed E-state index contributed by atoms with van der Waals surface area (Å²) in [4.78, 5) is 28.7. The molecule has 29 heavy (non-hydrogen) atoms. The molecule has 2 N–H and O–H groups in total. The molecule has 0 atom stereocenters. The quantitative estimate of drug-likeness (QED) is 0.402. The fourth-order valence-electron chi connectivity index (χ4n) is 2.48. The number of benzene rings is 2. The first kappa shape index (κ1) is 22.7. The summed E-state index contributed by atoms with van der Waals surface area (Å²) in [5, 5.41) is 41.2. The average molecular weight is 528 g/mol. The first-order chi connectivity index (χ1) is 13.4. The molecule has 145 valence electrons. The predicted octanol–water partition coefficient (Wildman–Crippen LogP) is 2.01. The molecule has 2 aromatic carbocycles. The van der Waals surface area contributed by atoms with Crippen molar-refractivity contribution < 1.29 is 79.4 Å². The Bertz CT molecular complexity index is 1120. The summed E-state index contributed by atoms with van der Waals surface area (Å²) in [6, 6.07) is 15.3. The summed E-state index contributed by atoms with van der Waals surface area (Å²) in [6.07, 6.45) is 0. The summed E-state index contributed by atoms with van der Waals surface area (Å²) < 4.78 is 0. The zero-order chi connectivity index (χ0) is 20.3. The maximum atomic E-state index is 11.3. The van der Waals surface area contributed by atoms with Crippen molar-refractivity contribution in [1.82, 2.24) is 9.97 Å². The number of hydrogen-bond acceptors (Lipinski definition) is 6. The van der Waals surface area contributed by atoms with Gasteiger partial charge in [-0.15, -0.1) is 0 Å². The Hall–Kier alpha value is -2.62. The Morgan fingerprint density at radius 3 is 1.38 bits per heavy atom. The minimum Gasteiger partial charge on any atom is -0.871 e. The molecule has 9 heteroatoms. The molecule has 0 aliphatic heterocycles. The summed E-state index contributed by atoms with van der Waals surface area (Å²) in [7, 11) is 0. The van der Waals surface area contributed by atoms with Crippen molar-refractivity contribution in [2.75, 3.05) is 0 Å². The van der Waals surface area contributed by atoms with Gasteiger partial charge in [0.2, 0.25) is 0 Å². The van der Waals surface area contributed by atoms with E-state index in [0.717, 1.165) is 0 Å². The van der Waals surface area contributed by atoms with Crippen molar-refractivity contribution in [2.24, 2.45) is 0 Å². The van der Waals surface area contributed by atoms with Gasteiger partial charge in [0.15, 0.2) is 0 Å². The van der Waals surface area contributed by atoms with Gasteiger partial charge in [0.1, 0.15) is 11.4 Å². The standard InChI is InChI=1S/2C10H7NO3.Eu/c2*12-8-3-1-2-6-4-5-7(10(13)14)11-9(6)8;/h2*1-5,12H,(H,13,14);/q;;+2/p-2. The second-order valence-corrected chi connectivity index (χ2v) is 5.66. The normalized spacial score (nSPS) is 9.93. The monoisotopic (exact) mass is 529 g/mol. The number of aromatic nitrogens is 2. The summed E-state index contributed by atoms with van der Waals surface area (Å²) in [5.74, 6) is -2.78. The first-order valence-electron chi connectivity index (χ1n) is 7.97. The van der Waals surface area contributed by atoms with Gasteiger partial charge < -0.3 is 20.4 Å². The van der Waals surface area contributed by atoms with Crippen LogP contribution in [0.25, 0.3) is 21.8 Å². The van der Waals surface area contributed by atoms with E-state index in [1.165, 1.54) is 24.3 Å². The molecule has 1 radical (unpaired) electrons. The van der Waals surface area contributed by atoms with Crippen LogP contribution in [0.2, 0.25) is 0 Å². The van der Waals surface area contributed by atoms with Gasteiger partial charge in [-0.3, -0.25) is 0 Å². The predicted molar refractivity (Wildman–Crippen MR) is 96.3 cm³/mol. The van der Waals surface area contributed by atoms with E-state index >= 15 is 0 Å². The summed E-state index contributed by atoms with van der Waals surface area (Å²) in [5.41, 5.74) is 0.182. The second kappa shape index (κ2) is 9.73. The zero-order valence-electron chi connectivity index (χ0n) is 14.6. The molecule has 0 saturated carbocycles. The Morgan fingerprint density at radius 2 is 1.03 bits per heavy atom. The van der Waals surface area contributed by atoms with Crippen LogP contribution >= 0.6 is 0 Å². The van der Waals surface area contributed by atoms with Crippen LogP contribution in [0.5, 0.6) is 11.5 Å². The van der Waals surface area contributed by atoms with E-state index in [1.54, 1.807) is 36.4 Å². The van der Waals surface area contributed by atoms with Crippen molar-refractivity contribution in [2.45, 2.75) is 0 Å². The van der Waals surface area contributed by atoms with E-state index in [1.807, 2.05) is 0 Å². The van der Waals surface area contributed by atoms with Crippen LogP contribution < -0.4 is 10.2 Å². The summed E-state index contributed by atoms with van der Waals surface area (Å²) in [6.45, 7) is 0. The third kappa shape index (κ3) is 5.26. The molecule has 4 rings (SSSR count). The van der Waals surface area contributed by atoms with E-state index in [9.17, 15) is 19.8 Å². The molecular formula is C20H12EuN2O6. The topological polar surface area (TPSA) is 146 Å². The number of pyridine rings is 2. The number of nitrogens with zero attached hydrogens (tertiary/aromatic N) is 2. The van der Waals surface area contributed by atoms with Gasteiger partial charge in [-0.25, -0.2) is 19.6 Å². The van der Waals surface area contributed by atoms with Gasteiger partial charge in [-0.2, -0.15) is 0 Å². The van der Waals surface area contributed by atoms with Crippen molar-refractivity contribution >= 4 is 33.7 Å². The van der Waals surface area contributed by atoms with Crippen LogP contribution in [0.15, 0.2) is 60.7 Å². The molecule has 0 bridgehead atoms. The molecular weight excluding hydrogens is 516 g/mol. The molecule has 4 aromatic rings. The van der Waals surface area contributed by atoms with E-state index in [2.05, 4.69) is 9.97 Å². The van der Waals surface area contributed by atoms with Gasteiger partial charge in [-0.1, -0.05) is 60.0 Å². The molecule has 2 heterocycles. The number of para-hydroxylation sites is 2. The molecule has 0 aliphatic rings. The number of carboxylic acid groups (broad SMARTS) is 2. The zero-order valence-corrected chi connectivity index (χ0v) is 17.0. The number of carboxylic acids is 2. The minimum atomic E-state index is -1.13. The van der Waals surface area contributed by atoms with E-state index in [0.29, 0.717) is 10.8 Å². The van der Waals surface area contributed by atoms with E-state index < -0.39 is 11.9 Å². The van der Waals surface area contributed by atoms with Crippen LogP contribution in [0, 0.1) is 49.4 Å². The Kier molecular flexibility index (Phi) is 7.61. The number of aromatic carboxylic acids is 2. The SMILES string of the molecule is O=C(O)c1ccc2cccc([O-])c2n1.O=C(O)c1ccc2cccc([O-])c2n1.[Eu+2]. The van der Waals surface area contributed by atoms with Gasteiger partial charge in [0.05, 0.1) is 11.0 Å². The van der Waals surface area contributed by atoms with Crippen molar-refractivity contribution in [3.05, 3.63) is 72.1 Å². The van der Waals surface area contributed by atoms with Crippen LogP contribution in [0.3, 0.4) is 0 Å². The minimum absolute atomic E-state index is 0. The Labute approximate surface area is 205 Å². The van der Waals surface area contributed by atoms with Crippen molar-refractivity contribution in [3.8, 4) is 11.5 Å². The third-order valence-electron chi connectivity index (χ3n) is 3.80. The largest absolute Gasteiger partial charge is 2.00 e. The first-order valence-corrected chi connectivity index (χ1v) is 7.97. The molecule has 8 nitrogen and oxygen atoms in total. The molecule has 0 unspecified atom stereocenters. The number of hydrogen-bond donors (Lipinski definition) is 2. The number of rotatable bonds is 2. The summed E-state index contributed by atoms with van der Waals surface area (Å²) >= 11 is 0. The fraction of sp³-hybridized carbons (Fsp3) is 0. The molecule has 0 spiro atoms. The van der Waals surface area contributed by atoms with Crippen molar-refractivity contribution in [1.29, 1.82) is 0 Å². The molecule has 0 aliphatic carbocycles. The van der Waals surface area contributed by atoms with Crippen molar-refractivity contribution in [3.63, 3.8) is 0 Å². The number of carbonyl (C=O) groups is 2. The number of fused-ring (bicyclic) bond motifs is 2. The van der Waals surface area contributed by atoms with Gasteiger partial charge >= 0.3 is 61.3 Å². The van der Waals surface area contributed by atoms with Gasteiger partial charge in [-0.05, 0) is 22.9 Å². The van der Waals surface area contributed by atoms with Crippen LogP contribution in [-0.2, 0) is 0 Å². The fourth-order valence-corrected chi connectivity index (χ4v) is 2.48. The van der Waals surface area contributed by atoms with Gasteiger partial charge in [0, 0.05) is 0 Å². The van der Waals surface area contributed by atoms with Crippen LogP contribution in [-0.4, -0.2) is 32.1 Å². The van der Waals surface area contributed by atoms with Crippen LogP contribution in [0.1, 0.15) is 21.0 Å². The molecule has 0 saturated heterocycles. The Balaban J connectivity index is 0.000000200. The van der Waals surface area contributed by atoms with E-state index in [4.69, 9.17) is 10.2 Å². The maximum Gasteiger partial charge on any atom is 2.00 e.